The van der Waals surface area contributed by atoms with Gasteiger partial charge < -0.3 is 4.90 Å². The second kappa shape index (κ2) is 8.93. The molecular formula is C19H27N3O4S2. The Labute approximate surface area is 167 Å². The Bertz CT molecular complexity index is 1020. The molecule has 154 valence electrons. The molecule has 0 spiro atoms. The van der Waals surface area contributed by atoms with Gasteiger partial charge in [0.1, 0.15) is 0 Å². The Hall–Kier alpha value is -2.10. The summed E-state index contributed by atoms with van der Waals surface area (Å²) in [5.74, 6) is 0. The molecule has 0 aliphatic heterocycles. The molecule has 7 nitrogen and oxygen atoms in total. The summed E-state index contributed by atoms with van der Waals surface area (Å²) >= 11 is 0. The predicted molar refractivity (Wildman–Crippen MR) is 114 cm³/mol. The fourth-order valence-corrected chi connectivity index (χ4v) is 4.31. The van der Waals surface area contributed by atoms with Gasteiger partial charge in [-0.1, -0.05) is 17.7 Å². The zero-order valence-electron chi connectivity index (χ0n) is 16.6. The normalized spacial score (nSPS) is 12.0. The van der Waals surface area contributed by atoms with Crippen molar-refractivity contribution < 1.29 is 16.8 Å². The molecule has 0 saturated heterocycles. The summed E-state index contributed by atoms with van der Waals surface area (Å²) in [6.07, 6.45) is 1.13. The Balaban J connectivity index is 2.15. The summed E-state index contributed by atoms with van der Waals surface area (Å²) in [7, 11) is -6.89. The van der Waals surface area contributed by atoms with Crippen molar-refractivity contribution in [3.8, 4) is 0 Å². The third-order valence-electron chi connectivity index (χ3n) is 4.28. The molecule has 0 bridgehead atoms. The van der Waals surface area contributed by atoms with Gasteiger partial charge in [0.25, 0.3) is 10.0 Å². The van der Waals surface area contributed by atoms with E-state index in [0.29, 0.717) is 25.3 Å². The summed E-state index contributed by atoms with van der Waals surface area (Å²) in [5.41, 5.74) is 3.18. The van der Waals surface area contributed by atoms with Crippen LogP contribution in [0.2, 0.25) is 0 Å². The lowest BCUT2D eigenvalue weighted by Crippen LogP contribution is -2.34. The monoisotopic (exact) mass is 425 g/mol. The Kier molecular flexibility index (Phi) is 7.08. The summed E-state index contributed by atoms with van der Waals surface area (Å²) in [4.78, 5) is 2.23. The minimum absolute atomic E-state index is 0.212. The molecule has 0 atom stereocenters. The number of nitrogens with one attached hydrogen (secondary N) is 2. The van der Waals surface area contributed by atoms with Crippen LogP contribution in [-0.2, 0) is 20.0 Å². The van der Waals surface area contributed by atoms with Crippen molar-refractivity contribution in [3.63, 3.8) is 0 Å². The predicted octanol–water partition coefficient (Wildman–Crippen LogP) is 2.48. The number of rotatable bonds is 9. The molecular weight excluding hydrogens is 398 g/mol. The Morgan fingerprint density at radius 2 is 1.61 bits per heavy atom. The van der Waals surface area contributed by atoms with Crippen molar-refractivity contribution in [2.24, 2.45) is 0 Å². The quantitative estimate of drug-likeness (QED) is 0.644. The lowest BCUT2D eigenvalue weighted by Gasteiger charge is -2.24. The molecule has 2 aromatic rings. The maximum absolute atomic E-state index is 12.6. The van der Waals surface area contributed by atoms with Gasteiger partial charge in [0.2, 0.25) is 10.0 Å². The van der Waals surface area contributed by atoms with Gasteiger partial charge in [0.05, 0.1) is 16.8 Å². The van der Waals surface area contributed by atoms with E-state index >= 15 is 0 Å². The van der Waals surface area contributed by atoms with E-state index in [-0.39, 0.29) is 4.90 Å². The van der Waals surface area contributed by atoms with Gasteiger partial charge in [-0.2, -0.15) is 0 Å². The number of nitrogens with zero attached hydrogens (tertiary/aromatic N) is 1. The molecule has 0 radical (unpaired) electrons. The van der Waals surface area contributed by atoms with Gasteiger partial charge in [0.15, 0.2) is 0 Å². The van der Waals surface area contributed by atoms with Gasteiger partial charge in [-0.15, -0.1) is 0 Å². The zero-order valence-corrected chi connectivity index (χ0v) is 18.2. The van der Waals surface area contributed by atoms with Gasteiger partial charge in [-0.05, 0) is 56.7 Å². The number of aryl methyl sites for hydroxylation is 2. The van der Waals surface area contributed by atoms with Gasteiger partial charge >= 0.3 is 0 Å². The smallest absolute Gasteiger partial charge is 0.261 e. The molecule has 0 heterocycles. The molecule has 2 aromatic carbocycles. The molecule has 0 unspecified atom stereocenters. The molecule has 28 heavy (non-hydrogen) atoms. The number of hydrogen-bond acceptors (Lipinski definition) is 5. The fourth-order valence-electron chi connectivity index (χ4n) is 2.72. The number of hydrogen-bond donors (Lipinski definition) is 2. The van der Waals surface area contributed by atoms with Crippen LogP contribution >= 0.6 is 0 Å². The fraction of sp³-hybridized carbons (Fsp3) is 0.368. The molecule has 0 saturated carbocycles. The minimum Gasteiger partial charge on any atom is -0.370 e. The number of benzene rings is 2. The van der Waals surface area contributed by atoms with Crippen molar-refractivity contribution in [1.29, 1.82) is 0 Å². The van der Waals surface area contributed by atoms with E-state index < -0.39 is 20.0 Å². The second-order valence-corrected chi connectivity index (χ2v) is 10.2. The second-order valence-electron chi connectivity index (χ2n) is 6.66. The maximum Gasteiger partial charge on any atom is 0.261 e. The van der Waals surface area contributed by atoms with E-state index in [4.69, 9.17) is 0 Å². The first kappa shape index (κ1) is 22.2. The van der Waals surface area contributed by atoms with E-state index in [1.54, 1.807) is 30.3 Å². The number of sulfonamides is 2. The highest BCUT2D eigenvalue weighted by molar-refractivity contribution is 7.92. The van der Waals surface area contributed by atoms with Crippen LogP contribution in [0, 0.1) is 13.8 Å². The largest absolute Gasteiger partial charge is 0.370 e. The van der Waals surface area contributed by atoms with Crippen LogP contribution in [0.1, 0.15) is 18.1 Å². The van der Waals surface area contributed by atoms with E-state index in [1.165, 1.54) is 0 Å². The molecule has 0 aromatic heterocycles. The first-order valence-electron chi connectivity index (χ1n) is 8.91. The van der Waals surface area contributed by atoms with Crippen LogP contribution in [0.3, 0.4) is 0 Å². The van der Waals surface area contributed by atoms with Crippen LogP contribution in [-0.4, -0.2) is 42.7 Å². The average molecular weight is 426 g/mol. The first-order chi connectivity index (χ1) is 13.0. The van der Waals surface area contributed by atoms with Crippen molar-refractivity contribution in [2.45, 2.75) is 25.7 Å². The van der Waals surface area contributed by atoms with Crippen LogP contribution < -0.4 is 14.3 Å². The topological polar surface area (TPSA) is 95.6 Å². The van der Waals surface area contributed by atoms with E-state index in [1.807, 2.05) is 37.8 Å². The third kappa shape index (κ3) is 6.22. The Morgan fingerprint density at radius 3 is 2.14 bits per heavy atom. The van der Waals surface area contributed by atoms with E-state index in [9.17, 15) is 16.8 Å². The Morgan fingerprint density at radius 1 is 0.964 bits per heavy atom. The SMILES string of the molecule is CCN(CCNS(C)(=O)=O)c1ccc(NS(=O)(=O)c2ccc(C)cc2)c(C)c1. The minimum atomic E-state index is -3.66. The number of likely N-dealkylation sites (N-methyl/N-ethyl adjacent to an activating group) is 1. The summed E-state index contributed by atoms with van der Waals surface area (Å²) in [6, 6.07) is 12.1. The average Bonchev–Trinajstić information content (AvgIpc) is 2.60. The third-order valence-corrected chi connectivity index (χ3v) is 6.39. The van der Waals surface area contributed by atoms with Gasteiger partial charge in [0, 0.05) is 25.3 Å². The van der Waals surface area contributed by atoms with Crippen LogP contribution in [0.4, 0.5) is 11.4 Å². The summed E-state index contributed by atoms with van der Waals surface area (Å²) < 4.78 is 52.7. The van der Waals surface area contributed by atoms with Crippen molar-refractivity contribution in [1.82, 2.24) is 4.72 Å². The molecule has 0 aliphatic carbocycles. The zero-order chi connectivity index (χ0) is 20.9. The van der Waals surface area contributed by atoms with Crippen molar-refractivity contribution in [2.75, 3.05) is 35.5 Å². The lowest BCUT2D eigenvalue weighted by molar-refractivity contribution is 0.587. The molecule has 9 heteroatoms. The molecule has 2 rings (SSSR count). The highest BCUT2D eigenvalue weighted by Gasteiger charge is 2.16. The standard InChI is InChI=1S/C19H27N3O4S2/c1-5-22(13-12-20-27(4,23)24)17-8-11-19(16(3)14-17)21-28(25,26)18-9-6-15(2)7-10-18/h6-11,14,20-21H,5,12-13H2,1-4H3. The van der Waals surface area contributed by atoms with Crippen LogP contribution in [0.5, 0.6) is 0 Å². The highest BCUT2D eigenvalue weighted by atomic mass is 32.2. The van der Waals surface area contributed by atoms with Gasteiger partial charge in [-0.25, -0.2) is 21.6 Å². The maximum atomic E-state index is 12.6. The molecule has 0 amide bonds. The van der Waals surface area contributed by atoms with Crippen LogP contribution in [0.15, 0.2) is 47.4 Å². The molecule has 0 aliphatic rings. The van der Waals surface area contributed by atoms with E-state index in [2.05, 4.69) is 9.44 Å². The molecule has 2 N–H and O–H groups in total. The van der Waals surface area contributed by atoms with Gasteiger partial charge in [-0.3, -0.25) is 4.72 Å². The number of anilines is 2. The molecule has 0 fully saturated rings. The van der Waals surface area contributed by atoms with Crippen molar-refractivity contribution in [3.05, 3.63) is 53.6 Å². The van der Waals surface area contributed by atoms with Crippen molar-refractivity contribution >= 4 is 31.4 Å². The van der Waals surface area contributed by atoms with E-state index in [0.717, 1.165) is 23.1 Å². The van der Waals surface area contributed by atoms with Crippen LogP contribution in [0.25, 0.3) is 0 Å². The summed E-state index contributed by atoms with van der Waals surface area (Å²) in [5, 5.41) is 0. The lowest BCUT2D eigenvalue weighted by atomic mass is 10.1. The summed E-state index contributed by atoms with van der Waals surface area (Å²) in [6.45, 7) is 7.21. The highest BCUT2D eigenvalue weighted by Crippen LogP contribution is 2.25. The first-order valence-corrected chi connectivity index (χ1v) is 12.3.